The third-order valence-electron chi connectivity index (χ3n) is 3.42. The van der Waals surface area contributed by atoms with Crippen LogP contribution in [-0.2, 0) is 7.05 Å². The average Bonchev–Trinajstić information content (AvgIpc) is 2.63. The molecule has 1 aromatic heterocycles. The molecule has 0 spiro atoms. The summed E-state index contributed by atoms with van der Waals surface area (Å²) in [5.41, 5.74) is 1.54. The molecule has 1 aliphatic heterocycles. The average molecular weight is 233 g/mol. The number of nitrogens with zero attached hydrogens (tertiary/aromatic N) is 5. The predicted octanol–water partition coefficient (Wildman–Crippen LogP) is 0.742. The fourth-order valence-corrected chi connectivity index (χ4v) is 2.42. The van der Waals surface area contributed by atoms with Crippen LogP contribution in [0.15, 0.2) is 0 Å². The first-order valence-corrected chi connectivity index (χ1v) is 6.08. The van der Waals surface area contributed by atoms with Gasteiger partial charge in [0.1, 0.15) is 17.5 Å². The third kappa shape index (κ3) is 2.13. The van der Waals surface area contributed by atoms with E-state index in [9.17, 15) is 5.26 Å². The minimum Gasteiger partial charge on any atom is -0.353 e. The van der Waals surface area contributed by atoms with Gasteiger partial charge < -0.3 is 9.80 Å². The van der Waals surface area contributed by atoms with Crippen molar-refractivity contribution in [3.63, 3.8) is 0 Å². The molecule has 0 atom stereocenters. The summed E-state index contributed by atoms with van der Waals surface area (Å²) < 4.78 is 1.83. The number of aromatic nitrogens is 2. The van der Waals surface area contributed by atoms with Gasteiger partial charge in [0.05, 0.1) is 5.69 Å². The number of hydrogen-bond donors (Lipinski definition) is 0. The Labute approximate surface area is 102 Å². The highest BCUT2D eigenvalue weighted by atomic mass is 15.4. The van der Waals surface area contributed by atoms with Crippen molar-refractivity contribution < 1.29 is 0 Å². The zero-order valence-electron chi connectivity index (χ0n) is 10.8. The van der Waals surface area contributed by atoms with Gasteiger partial charge in [-0.25, -0.2) is 0 Å². The van der Waals surface area contributed by atoms with E-state index in [1.165, 1.54) is 0 Å². The van der Waals surface area contributed by atoms with Crippen LogP contribution in [0.3, 0.4) is 0 Å². The fraction of sp³-hybridized carbons (Fsp3) is 0.667. The zero-order valence-corrected chi connectivity index (χ0v) is 10.8. The summed E-state index contributed by atoms with van der Waals surface area (Å²) in [6, 6.07) is 2.27. The van der Waals surface area contributed by atoms with Crippen molar-refractivity contribution in [1.29, 1.82) is 5.26 Å². The van der Waals surface area contributed by atoms with E-state index in [1.807, 2.05) is 18.7 Å². The summed E-state index contributed by atoms with van der Waals surface area (Å²) in [5.74, 6) is 0.973. The number of rotatable bonds is 2. The van der Waals surface area contributed by atoms with Gasteiger partial charge in [0.25, 0.3) is 0 Å². The van der Waals surface area contributed by atoms with Crippen molar-refractivity contribution in [2.24, 2.45) is 7.05 Å². The van der Waals surface area contributed by atoms with Gasteiger partial charge in [-0.2, -0.15) is 10.4 Å². The Hall–Kier alpha value is -1.54. The second kappa shape index (κ2) is 4.76. The smallest absolute Gasteiger partial charge is 0.145 e. The van der Waals surface area contributed by atoms with Crippen molar-refractivity contribution in [2.75, 3.05) is 37.6 Å². The second-order valence-electron chi connectivity index (χ2n) is 4.44. The van der Waals surface area contributed by atoms with Gasteiger partial charge in [-0.1, -0.05) is 6.92 Å². The molecule has 0 saturated carbocycles. The van der Waals surface area contributed by atoms with Crippen LogP contribution in [0.4, 0.5) is 5.82 Å². The zero-order chi connectivity index (χ0) is 12.4. The maximum absolute atomic E-state index is 9.20. The topological polar surface area (TPSA) is 48.1 Å². The Bertz CT molecular complexity index is 434. The quantitative estimate of drug-likeness (QED) is 0.756. The van der Waals surface area contributed by atoms with Gasteiger partial charge in [-0.15, -0.1) is 0 Å². The van der Waals surface area contributed by atoms with Gasteiger partial charge in [-0.05, 0) is 13.5 Å². The van der Waals surface area contributed by atoms with Crippen molar-refractivity contribution in [3.8, 4) is 6.07 Å². The fourth-order valence-electron chi connectivity index (χ4n) is 2.42. The van der Waals surface area contributed by atoms with E-state index in [2.05, 4.69) is 27.9 Å². The van der Waals surface area contributed by atoms with Gasteiger partial charge >= 0.3 is 0 Å². The Balaban J connectivity index is 2.21. The molecular formula is C12H19N5. The first-order valence-electron chi connectivity index (χ1n) is 6.08. The molecule has 1 saturated heterocycles. The highest BCUT2D eigenvalue weighted by Crippen LogP contribution is 2.23. The van der Waals surface area contributed by atoms with E-state index in [-0.39, 0.29) is 0 Å². The minimum absolute atomic E-state index is 0.720. The van der Waals surface area contributed by atoms with Crippen molar-refractivity contribution in [2.45, 2.75) is 13.8 Å². The molecule has 2 rings (SSSR count). The van der Waals surface area contributed by atoms with Crippen LogP contribution in [-0.4, -0.2) is 47.4 Å². The first-order chi connectivity index (χ1) is 8.17. The van der Waals surface area contributed by atoms with Crippen molar-refractivity contribution in [3.05, 3.63) is 11.3 Å². The molecule has 0 radical (unpaired) electrons. The largest absolute Gasteiger partial charge is 0.353 e. The molecule has 0 aromatic carbocycles. The standard InChI is InChI=1S/C12H19N5/c1-4-16-5-7-17(8-6-16)12-11(9-13)10(2)14-15(12)3/h4-8H2,1-3H3. The monoisotopic (exact) mass is 233 g/mol. The molecule has 17 heavy (non-hydrogen) atoms. The molecule has 1 fully saturated rings. The summed E-state index contributed by atoms with van der Waals surface area (Å²) in [5, 5.41) is 13.5. The van der Waals surface area contributed by atoms with Crippen LogP contribution < -0.4 is 4.90 Å². The maximum Gasteiger partial charge on any atom is 0.145 e. The third-order valence-corrected chi connectivity index (χ3v) is 3.42. The number of anilines is 1. The lowest BCUT2D eigenvalue weighted by Crippen LogP contribution is -2.47. The number of likely N-dealkylation sites (N-methyl/N-ethyl adjacent to an activating group) is 1. The summed E-state index contributed by atoms with van der Waals surface area (Å²) in [6.07, 6.45) is 0. The van der Waals surface area contributed by atoms with Crippen LogP contribution in [0.2, 0.25) is 0 Å². The van der Waals surface area contributed by atoms with Crippen molar-refractivity contribution in [1.82, 2.24) is 14.7 Å². The number of nitriles is 1. The van der Waals surface area contributed by atoms with E-state index in [0.29, 0.717) is 0 Å². The van der Waals surface area contributed by atoms with Gasteiger partial charge in [0.15, 0.2) is 0 Å². The van der Waals surface area contributed by atoms with E-state index < -0.39 is 0 Å². The predicted molar refractivity (Wildman–Crippen MR) is 67.0 cm³/mol. The number of hydrogen-bond acceptors (Lipinski definition) is 4. The molecule has 0 unspecified atom stereocenters. The molecule has 0 aliphatic carbocycles. The van der Waals surface area contributed by atoms with Crippen LogP contribution >= 0.6 is 0 Å². The molecule has 92 valence electrons. The summed E-state index contributed by atoms with van der Waals surface area (Å²) in [7, 11) is 1.91. The van der Waals surface area contributed by atoms with Gasteiger partial charge in [0, 0.05) is 33.2 Å². The molecule has 5 heteroatoms. The van der Waals surface area contributed by atoms with Crippen LogP contribution in [0.5, 0.6) is 0 Å². The molecule has 0 N–H and O–H groups in total. The summed E-state index contributed by atoms with van der Waals surface area (Å²) >= 11 is 0. The Morgan fingerprint density at radius 1 is 1.29 bits per heavy atom. The number of aryl methyl sites for hydroxylation is 2. The lowest BCUT2D eigenvalue weighted by molar-refractivity contribution is 0.269. The maximum atomic E-state index is 9.20. The summed E-state index contributed by atoms with van der Waals surface area (Å²) in [4.78, 5) is 4.69. The molecule has 2 heterocycles. The van der Waals surface area contributed by atoms with Crippen LogP contribution in [0, 0.1) is 18.3 Å². The van der Waals surface area contributed by atoms with E-state index in [1.54, 1.807) is 0 Å². The van der Waals surface area contributed by atoms with E-state index in [0.717, 1.165) is 49.8 Å². The lowest BCUT2D eigenvalue weighted by Gasteiger charge is -2.35. The number of piperazine rings is 1. The highest BCUT2D eigenvalue weighted by Gasteiger charge is 2.22. The van der Waals surface area contributed by atoms with E-state index >= 15 is 0 Å². The van der Waals surface area contributed by atoms with E-state index in [4.69, 9.17) is 0 Å². The van der Waals surface area contributed by atoms with Crippen LogP contribution in [0.25, 0.3) is 0 Å². The minimum atomic E-state index is 0.720. The Morgan fingerprint density at radius 2 is 1.94 bits per heavy atom. The summed E-state index contributed by atoms with van der Waals surface area (Å²) in [6.45, 7) is 9.25. The first kappa shape index (κ1) is 11.9. The van der Waals surface area contributed by atoms with Gasteiger partial charge in [0.2, 0.25) is 0 Å². The molecule has 5 nitrogen and oxygen atoms in total. The Kier molecular flexibility index (Phi) is 3.34. The molecular weight excluding hydrogens is 214 g/mol. The molecule has 1 aliphatic rings. The molecule has 0 bridgehead atoms. The van der Waals surface area contributed by atoms with Gasteiger partial charge in [-0.3, -0.25) is 4.68 Å². The lowest BCUT2D eigenvalue weighted by atomic mass is 10.2. The normalized spacial score (nSPS) is 17.2. The Morgan fingerprint density at radius 3 is 2.47 bits per heavy atom. The molecule has 0 amide bonds. The SMILES string of the molecule is CCN1CCN(c2c(C#N)c(C)nn2C)CC1. The van der Waals surface area contributed by atoms with Crippen molar-refractivity contribution >= 4 is 5.82 Å². The van der Waals surface area contributed by atoms with Crippen LogP contribution in [0.1, 0.15) is 18.2 Å². The molecule has 1 aromatic rings. The second-order valence-corrected chi connectivity index (χ2v) is 4.44. The highest BCUT2D eigenvalue weighted by molar-refractivity contribution is 5.57.